The minimum atomic E-state index is -1.05. The standard InChI is InChI=1S/C21H20N2O3.C20H17BrN2O3.C20H17ClN2O3/c1-3-26-16-8-6-7-15(12-16)19-11-14(2)20(13-22-19)23-18-10-5-4-9-17(18)21(24)25;2*1-2-26-16-5-3-4-13(10-16)18-9-7-15(12-22-18)23-19-8-6-14(21)11-17(19)20(24)25/h4-13,23H,3H2,1-2H3,(H,24,25);2*3-12,23H,2H2,1H3,(H,24,25). The largest absolute Gasteiger partial charge is 0.494 e. The van der Waals surface area contributed by atoms with Gasteiger partial charge < -0.3 is 45.5 Å². The molecule has 15 nitrogen and oxygen atoms in total. The summed E-state index contributed by atoms with van der Waals surface area (Å²) < 4.78 is 17.3. The Hall–Kier alpha value is -9.25. The molecular formula is C61H54BrClN6O9. The van der Waals surface area contributed by atoms with Gasteiger partial charge in [-0.1, -0.05) is 76.1 Å². The topological polar surface area (TPSA) is 214 Å². The van der Waals surface area contributed by atoms with Crippen molar-refractivity contribution in [2.45, 2.75) is 27.7 Å². The number of aromatic nitrogens is 3. The third kappa shape index (κ3) is 15.7. The molecule has 0 amide bonds. The second-order valence-corrected chi connectivity index (χ2v) is 18.2. The molecule has 0 radical (unpaired) electrons. The molecule has 3 aromatic heterocycles. The fourth-order valence-electron chi connectivity index (χ4n) is 7.70. The summed E-state index contributed by atoms with van der Waals surface area (Å²) in [7, 11) is 0. The molecule has 0 aliphatic rings. The maximum Gasteiger partial charge on any atom is 0.337 e. The van der Waals surface area contributed by atoms with E-state index < -0.39 is 17.9 Å². The van der Waals surface area contributed by atoms with Crippen molar-refractivity contribution in [2.75, 3.05) is 35.8 Å². The summed E-state index contributed by atoms with van der Waals surface area (Å²) in [6.07, 6.45) is 5.05. The number of benzene rings is 6. The van der Waals surface area contributed by atoms with Crippen LogP contribution >= 0.6 is 27.5 Å². The molecule has 0 aliphatic carbocycles. The second-order valence-electron chi connectivity index (χ2n) is 16.8. The van der Waals surface area contributed by atoms with E-state index in [9.17, 15) is 29.7 Å². The molecule has 396 valence electrons. The number of para-hydroxylation sites is 1. The van der Waals surface area contributed by atoms with E-state index in [1.807, 2.05) is 131 Å². The van der Waals surface area contributed by atoms with Gasteiger partial charge in [0.15, 0.2) is 0 Å². The van der Waals surface area contributed by atoms with E-state index in [1.165, 1.54) is 6.07 Å². The molecule has 3 heterocycles. The number of halogens is 2. The number of carboxylic acids is 3. The van der Waals surface area contributed by atoms with E-state index in [4.69, 9.17) is 25.8 Å². The zero-order valence-electron chi connectivity index (χ0n) is 42.8. The predicted molar refractivity (Wildman–Crippen MR) is 310 cm³/mol. The molecule has 0 bridgehead atoms. The molecule has 0 unspecified atom stereocenters. The van der Waals surface area contributed by atoms with Gasteiger partial charge in [-0.3, -0.25) is 15.0 Å². The molecule has 17 heteroatoms. The van der Waals surface area contributed by atoms with Crippen molar-refractivity contribution in [2.24, 2.45) is 0 Å². The Morgan fingerprint density at radius 3 is 1.37 bits per heavy atom. The van der Waals surface area contributed by atoms with Gasteiger partial charge in [0.05, 0.1) is 106 Å². The van der Waals surface area contributed by atoms with Gasteiger partial charge in [0, 0.05) is 26.2 Å². The smallest absolute Gasteiger partial charge is 0.337 e. The lowest BCUT2D eigenvalue weighted by molar-refractivity contribution is 0.0687. The summed E-state index contributed by atoms with van der Waals surface area (Å²) in [5.74, 6) is -0.611. The summed E-state index contributed by atoms with van der Waals surface area (Å²) >= 11 is 9.16. The fourth-order valence-corrected chi connectivity index (χ4v) is 8.23. The molecule has 0 atom stereocenters. The van der Waals surface area contributed by atoms with Gasteiger partial charge in [-0.05, 0) is 149 Å². The van der Waals surface area contributed by atoms with E-state index in [0.717, 1.165) is 62.3 Å². The van der Waals surface area contributed by atoms with Crippen LogP contribution < -0.4 is 30.2 Å². The van der Waals surface area contributed by atoms with Crippen LogP contribution in [0.15, 0.2) is 187 Å². The molecule has 0 fully saturated rings. The van der Waals surface area contributed by atoms with Crippen LogP contribution in [0.3, 0.4) is 0 Å². The Morgan fingerprint density at radius 2 is 0.910 bits per heavy atom. The first-order chi connectivity index (χ1) is 37.7. The third-order valence-corrected chi connectivity index (χ3v) is 12.1. The van der Waals surface area contributed by atoms with Crippen LogP contribution in [-0.4, -0.2) is 68.0 Å². The van der Waals surface area contributed by atoms with Gasteiger partial charge >= 0.3 is 17.9 Å². The number of aryl methyl sites for hydroxylation is 1. The molecule has 0 spiro atoms. The number of nitrogens with zero attached hydrogens (tertiary/aromatic N) is 3. The van der Waals surface area contributed by atoms with Crippen molar-refractivity contribution in [3.63, 3.8) is 0 Å². The van der Waals surface area contributed by atoms with Crippen LogP contribution in [0.5, 0.6) is 17.2 Å². The summed E-state index contributed by atoms with van der Waals surface area (Å²) in [5, 5.41) is 37.7. The van der Waals surface area contributed by atoms with Crippen molar-refractivity contribution >= 4 is 79.6 Å². The SMILES string of the molecule is CCOc1cccc(-c2cc(C)c(Nc3ccccc3C(=O)O)cn2)c1.CCOc1cccc(-c2ccc(Nc3ccc(Br)cc3C(=O)O)cn2)c1.CCOc1cccc(-c2ccc(Nc3ccc(Cl)cc3C(=O)O)cn2)c1. The lowest BCUT2D eigenvalue weighted by atomic mass is 10.1. The van der Waals surface area contributed by atoms with Gasteiger partial charge in [0.1, 0.15) is 17.2 Å². The number of anilines is 6. The van der Waals surface area contributed by atoms with Crippen molar-refractivity contribution in [3.05, 3.63) is 214 Å². The average molecular weight is 1130 g/mol. The Kier molecular flexibility index (Phi) is 19.9. The van der Waals surface area contributed by atoms with Crippen LogP contribution in [0, 0.1) is 6.92 Å². The first-order valence-electron chi connectivity index (χ1n) is 24.5. The zero-order chi connectivity index (χ0) is 55.6. The number of rotatable bonds is 18. The summed E-state index contributed by atoms with van der Waals surface area (Å²) in [4.78, 5) is 47.5. The lowest BCUT2D eigenvalue weighted by Crippen LogP contribution is -2.03. The lowest BCUT2D eigenvalue weighted by Gasteiger charge is -2.13. The van der Waals surface area contributed by atoms with E-state index in [0.29, 0.717) is 57.8 Å². The predicted octanol–water partition coefficient (Wildman–Crippen LogP) is 15.5. The number of aromatic carboxylic acids is 3. The van der Waals surface area contributed by atoms with Crippen LogP contribution in [0.25, 0.3) is 33.8 Å². The number of carbonyl (C=O) groups is 3. The summed E-state index contributed by atoms with van der Waals surface area (Å²) in [5.41, 5.74) is 10.5. The zero-order valence-corrected chi connectivity index (χ0v) is 45.2. The molecule has 6 N–H and O–H groups in total. The highest BCUT2D eigenvalue weighted by molar-refractivity contribution is 9.10. The van der Waals surface area contributed by atoms with Crippen LogP contribution in [0.2, 0.25) is 5.02 Å². The molecule has 9 aromatic rings. The third-order valence-electron chi connectivity index (χ3n) is 11.4. The van der Waals surface area contributed by atoms with Gasteiger partial charge in [0.2, 0.25) is 0 Å². The molecule has 0 saturated heterocycles. The summed E-state index contributed by atoms with van der Waals surface area (Å²) in [6, 6.07) is 49.2. The van der Waals surface area contributed by atoms with Crippen molar-refractivity contribution < 1.29 is 43.9 Å². The Labute approximate surface area is 464 Å². The van der Waals surface area contributed by atoms with Crippen LogP contribution in [-0.2, 0) is 0 Å². The molecule has 0 saturated carbocycles. The molecular weight excluding hydrogens is 1080 g/mol. The van der Waals surface area contributed by atoms with Gasteiger partial charge in [-0.25, -0.2) is 14.4 Å². The average Bonchev–Trinajstić information content (AvgIpc) is 3.44. The maximum atomic E-state index is 11.4. The minimum Gasteiger partial charge on any atom is -0.494 e. The Bertz CT molecular complexity index is 3370. The normalized spacial score (nSPS) is 10.4. The molecule has 6 aromatic carbocycles. The minimum absolute atomic E-state index is 0.103. The highest BCUT2D eigenvalue weighted by Gasteiger charge is 2.15. The van der Waals surface area contributed by atoms with E-state index in [-0.39, 0.29) is 16.7 Å². The van der Waals surface area contributed by atoms with Gasteiger partial charge in [-0.2, -0.15) is 0 Å². The highest BCUT2D eigenvalue weighted by atomic mass is 79.9. The number of carboxylic acid groups (broad SMARTS) is 3. The Balaban J connectivity index is 0.000000170. The van der Waals surface area contributed by atoms with Crippen molar-refractivity contribution in [1.29, 1.82) is 0 Å². The van der Waals surface area contributed by atoms with Crippen molar-refractivity contribution in [3.8, 4) is 51.0 Å². The molecule has 78 heavy (non-hydrogen) atoms. The number of hydrogen-bond acceptors (Lipinski definition) is 12. The second kappa shape index (κ2) is 27.5. The highest BCUT2D eigenvalue weighted by Crippen LogP contribution is 2.31. The Morgan fingerprint density at radius 1 is 0.462 bits per heavy atom. The van der Waals surface area contributed by atoms with E-state index in [2.05, 4.69) is 46.8 Å². The van der Waals surface area contributed by atoms with Crippen LogP contribution in [0.4, 0.5) is 34.1 Å². The first-order valence-corrected chi connectivity index (χ1v) is 25.7. The quantitative estimate of drug-likeness (QED) is 0.0471. The fraction of sp³-hybridized carbons (Fsp3) is 0.115. The van der Waals surface area contributed by atoms with E-state index in [1.54, 1.807) is 73.2 Å². The molecule has 9 rings (SSSR count). The molecule has 0 aliphatic heterocycles. The monoisotopic (exact) mass is 1130 g/mol. The van der Waals surface area contributed by atoms with Crippen LogP contribution in [0.1, 0.15) is 57.4 Å². The number of nitrogens with one attached hydrogen (secondary N) is 3. The number of pyridine rings is 3. The van der Waals surface area contributed by atoms with E-state index >= 15 is 0 Å². The number of ether oxygens (including phenoxy) is 3. The van der Waals surface area contributed by atoms with Gasteiger partial charge in [0.25, 0.3) is 0 Å². The van der Waals surface area contributed by atoms with Crippen molar-refractivity contribution in [1.82, 2.24) is 15.0 Å². The summed E-state index contributed by atoms with van der Waals surface area (Å²) in [6.45, 7) is 9.62. The first kappa shape index (κ1) is 56.5. The van der Waals surface area contributed by atoms with Gasteiger partial charge in [-0.15, -0.1) is 0 Å². The maximum absolute atomic E-state index is 11.4. The number of hydrogen-bond donors (Lipinski definition) is 6.